The molecule has 14 heteroatoms. The molecule has 0 unspecified atom stereocenters. The molecular weight excluding hydrogens is 548 g/mol. The number of nitrogen functional groups attached to an aromatic ring is 1. The fourth-order valence-electron chi connectivity index (χ4n) is 4.64. The maximum absolute atomic E-state index is 12.9. The van der Waals surface area contributed by atoms with Gasteiger partial charge in [0.15, 0.2) is 12.2 Å². The van der Waals surface area contributed by atoms with Crippen molar-refractivity contribution in [3.63, 3.8) is 0 Å². The molecule has 1 amide bonds. The molecule has 8 N–H and O–H groups in total. The third-order valence-electron chi connectivity index (χ3n) is 7.15. The normalized spacial score (nSPS) is 19.2. The summed E-state index contributed by atoms with van der Waals surface area (Å²) >= 11 is 6.21. The van der Waals surface area contributed by atoms with Crippen molar-refractivity contribution in [2.75, 3.05) is 45.1 Å². The monoisotopic (exact) mass is 582 g/mol. The van der Waals surface area contributed by atoms with Crippen molar-refractivity contribution in [2.24, 2.45) is 5.92 Å². The van der Waals surface area contributed by atoms with Gasteiger partial charge in [-0.15, -0.1) is 0 Å². The number of carbonyl (C=O) groups is 3. The summed E-state index contributed by atoms with van der Waals surface area (Å²) in [6, 6.07) is 5.09. The number of rotatable bonds is 8. The number of hydrogen-bond donors (Lipinski definition) is 7. The predicted octanol–water partition coefficient (Wildman–Crippen LogP) is 0.331. The molecule has 1 aromatic heterocycles. The maximum atomic E-state index is 12.9. The van der Waals surface area contributed by atoms with E-state index in [1.54, 1.807) is 24.4 Å². The molecule has 0 saturated carbocycles. The van der Waals surface area contributed by atoms with Crippen LogP contribution in [0.2, 0.25) is 5.02 Å². The Morgan fingerprint density at radius 2 is 1.75 bits per heavy atom. The summed E-state index contributed by atoms with van der Waals surface area (Å²) < 4.78 is 5.44. The van der Waals surface area contributed by atoms with Crippen LogP contribution in [0, 0.1) is 5.92 Å². The number of aliphatic hydroxyl groups excluding tert-OH is 2. The number of pyridine rings is 1. The number of aliphatic hydroxyl groups is 3. The number of carboxylic acids is 2. The molecule has 3 heterocycles. The van der Waals surface area contributed by atoms with Gasteiger partial charge in [-0.05, 0) is 49.8 Å². The molecule has 2 aliphatic heterocycles. The second-order valence-electron chi connectivity index (χ2n) is 10.0. The molecule has 1 aromatic carbocycles. The van der Waals surface area contributed by atoms with Gasteiger partial charge in [-0.2, -0.15) is 0 Å². The van der Waals surface area contributed by atoms with E-state index < -0.39 is 29.7 Å². The summed E-state index contributed by atoms with van der Waals surface area (Å²) in [6.07, 6.45) is 0.589. The fourth-order valence-corrected chi connectivity index (χ4v) is 4.86. The number of aromatic nitrogens is 1. The molecule has 13 nitrogen and oxygen atoms in total. The average molecular weight is 583 g/mol. The number of nitrogens with one attached hydrogen (secondary N) is 1. The molecule has 0 spiro atoms. The Morgan fingerprint density at radius 1 is 1.15 bits per heavy atom. The molecular formula is C26H35ClN4O9. The number of nitrogens with zero attached hydrogens (tertiary/aromatic N) is 2. The highest BCUT2D eigenvalue weighted by Crippen LogP contribution is 2.31. The first-order valence-corrected chi connectivity index (χ1v) is 13.2. The fraction of sp³-hybridized carbons (Fsp3) is 0.538. The summed E-state index contributed by atoms with van der Waals surface area (Å²) in [6.45, 7) is 4.64. The van der Waals surface area contributed by atoms with Gasteiger partial charge in [0.25, 0.3) is 5.91 Å². The molecule has 0 radical (unpaired) electrons. The Labute approximate surface area is 235 Å². The summed E-state index contributed by atoms with van der Waals surface area (Å²) in [4.78, 5) is 39.1. The third kappa shape index (κ3) is 8.22. The highest BCUT2D eigenvalue weighted by molar-refractivity contribution is 6.35. The quantitative estimate of drug-likeness (QED) is 0.210. The molecule has 2 aliphatic rings. The van der Waals surface area contributed by atoms with Crippen molar-refractivity contribution in [3.05, 3.63) is 35.0 Å². The lowest BCUT2D eigenvalue weighted by molar-refractivity contribution is -0.165. The Morgan fingerprint density at radius 3 is 2.33 bits per heavy atom. The van der Waals surface area contributed by atoms with Crippen LogP contribution in [0.5, 0.6) is 0 Å². The second-order valence-corrected chi connectivity index (χ2v) is 10.5. The van der Waals surface area contributed by atoms with Crippen molar-refractivity contribution in [1.82, 2.24) is 15.2 Å². The Balaban J connectivity index is 0.000000378. The molecule has 2 atom stereocenters. The highest BCUT2D eigenvalue weighted by Gasteiger charge is 2.34. The van der Waals surface area contributed by atoms with Crippen LogP contribution in [0.15, 0.2) is 24.4 Å². The maximum Gasteiger partial charge on any atom is 0.335 e. The number of aliphatic carboxylic acids is 2. The van der Waals surface area contributed by atoms with E-state index in [1.165, 1.54) is 0 Å². The van der Waals surface area contributed by atoms with Gasteiger partial charge in [-0.3, -0.25) is 9.78 Å². The average Bonchev–Trinajstić information content (AvgIpc) is 2.95. The van der Waals surface area contributed by atoms with Crippen LogP contribution >= 0.6 is 11.6 Å². The van der Waals surface area contributed by atoms with E-state index in [0.717, 1.165) is 45.7 Å². The Bertz CT molecular complexity index is 1180. The van der Waals surface area contributed by atoms with Gasteiger partial charge in [0, 0.05) is 51.0 Å². The van der Waals surface area contributed by atoms with Crippen molar-refractivity contribution in [1.29, 1.82) is 0 Å². The van der Waals surface area contributed by atoms with Crippen molar-refractivity contribution >= 4 is 46.0 Å². The number of carbonyl (C=O) groups excluding carboxylic acids is 1. The number of hydrogen-bond acceptors (Lipinski definition) is 10. The molecule has 0 aliphatic carbocycles. The van der Waals surface area contributed by atoms with Gasteiger partial charge in [0.2, 0.25) is 0 Å². The first kappa shape index (κ1) is 31.5. The van der Waals surface area contributed by atoms with E-state index in [4.69, 9.17) is 42.5 Å². The van der Waals surface area contributed by atoms with Crippen LogP contribution in [0.25, 0.3) is 10.9 Å². The van der Waals surface area contributed by atoms with Crippen LogP contribution in [-0.4, -0.2) is 110 Å². The Hall–Kier alpha value is -3.07. The minimum Gasteiger partial charge on any atom is -0.479 e. The van der Waals surface area contributed by atoms with Gasteiger partial charge >= 0.3 is 11.9 Å². The van der Waals surface area contributed by atoms with E-state index in [-0.39, 0.29) is 12.5 Å². The van der Waals surface area contributed by atoms with Crippen molar-refractivity contribution < 1.29 is 44.7 Å². The zero-order valence-corrected chi connectivity index (χ0v) is 22.6. The molecule has 220 valence electrons. The van der Waals surface area contributed by atoms with Gasteiger partial charge in [0.1, 0.15) is 0 Å². The Kier molecular flexibility index (Phi) is 11.0. The van der Waals surface area contributed by atoms with Crippen molar-refractivity contribution in [3.8, 4) is 0 Å². The van der Waals surface area contributed by atoms with Gasteiger partial charge in [-0.25, -0.2) is 9.59 Å². The van der Waals surface area contributed by atoms with E-state index in [9.17, 15) is 19.5 Å². The predicted molar refractivity (Wildman–Crippen MR) is 145 cm³/mol. The van der Waals surface area contributed by atoms with E-state index >= 15 is 0 Å². The van der Waals surface area contributed by atoms with Gasteiger partial charge in [0.05, 0.1) is 27.4 Å². The minimum absolute atomic E-state index is 0.202. The van der Waals surface area contributed by atoms with Crippen LogP contribution in [0.1, 0.15) is 36.0 Å². The molecule has 0 bridgehead atoms. The lowest BCUT2D eigenvalue weighted by Gasteiger charge is -2.40. The number of halogens is 1. The smallest absolute Gasteiger partial charge is 0.335 e. The number of piperidine rings is 1. The van der Waals surface area contributed by atoms with Gasteiger partial charge in [-0.1, -0.05) is 11.6 Å². The summed E-state index contributed by atoms with van der Waals surface area (Å²) in [5, 5.41) is 47.4. The van der Waals surface area contributed by atoms with E-state index in [2.05, 4.69) is 15.2 Å². The molecule has 2 saturated heterocycles. The zero-order chi connectivity index (χ0) is 29.4. The van der Waals surface area contributed by atoms with Crippen LogP contribution in [0.4, 0.5) is 5.69 Å². The number of likely N-dealkylation sites (tertiary alicyclic amines) is 1. The lowest BCUT2D eigenvalue weighted by atomic mass is 9.90. The molecule has 2 fully saturated rings. The largest absolute Gasteiger partial charge is 0.479 e. The number of fused-ring (bicyclic) bond motifs is 1. The molecule has 4 rings (SSSR count). The van der Waals surface area contributed by atoms with E-state index in [1.807, 2.05) is 0 Å². The summed E-state index contributed by atoms with van der Waals surface area (Å²) in [5.74, 6) is -3.16. The van der Waals surface area contributed by atoms with Crippen LogP contribution in [-0.2, 0) is 14.3 Å². The summed E-state index contributed by atoms with van der Waals surface area (Å²) in [7, 11) is 0. The number of amides is 1. The number of benzene rings is 1. The van der Waals surface area contributed by atoms with Crippen molar-refractivity contribution in [2.45, 2.75) is 43.5 Å². The molecule has 2 aromatic rings. The standard InChI is InChI=1S/C22H29ClN4O3.C4H6O6/c23-18-12-17(20-16(19(18)24)2-1-7-25-20)21(28)26-14-22(29)5-8-27(9-6-22)13-15-3-10-30-11-4-15;5-1(3(7)8)2(6)4(9)10/h1-2,7,12,15,29H,3-6,8-11,13-14,24H2,(H,26,28);1-2,5-6H,(H,7,8)(H,9,10)/t;1-,2-/m.1/s1. The molecule has 40 heavy (non-hydrogen) atoms. The van der Waals surface area contributed by atoms with Crippen LogP contribution < -0.4 is 11.1 Å². The minimum atomic E-state index is -2.27. The first-order valence-electron chi connectivity index (χ1n) is 12.9. The topological polar surface area (TPSA) is 216 Å². The number of anilines is 1. The van der Waals surface area contributed by atoms with E-state index in [0.29, 0.717) is 45.9 Å². The van der Waals surface area contributed by atoms with Crippen LogP contribution in [0.3, 0.4) is 0 Å². The number of ether oxygens (including phenoxy) is 1. The summed E-state index contributed by atoms with van der Waals surface area (Å²) in [5.41, 5.74) is 6.41. The van der Waals surface area contributed by atoms with Gasteiger partial charge < -0.3 is 46.2 Å². The number of carboxylic acid groups (broad SMARTS) is 2. The zero-order valence-electron chi connectivity index (χ0n) is 21.8. The number of nitrogens with two attached hydrogens (primary N) is 1. The first-order chi connectivity index (χ1) is 18.9. The highest BCUT2D eigenvalue weighted by atomic mass is 35.5. The SMILES string of the molecule is Nc1c(Cl)cc(C(=O)NCC2(O)CCN(CC3CCOCC3)CC2)c2ncccc12.O=C(O)[C@H](O)[C@@H](O)C(=O)O. The third-order valence-corrected chi connectivity index (χ3v) is 7.47. The second kappa shape index (κ2) is 14.0. The lowest BCUT2D eigenvalue weighted by Crippen LogP contribution is -2.51.